The van der Waals surface area contributed by atoms with Gasteiger partial charge < -0.3 is 15.4 Å². The first kappa shape index (κ1) is 14.0. The molecule has 3 nitrogen and oxygen atoms in total. The van der Waals surface area contributed by atoms with Crippen LogP contribution >= 0.6 is 0 Å². The molecule has 0 amide bonds. The van der Waals surface area contributed by atoms with Gasteiger partial charge in [0.1, 0.15) is 5.75 Å². The van der Waals surface area contributed by atoms with Gasteiger partial charge in [0.2, 0.25) is 0 Å². The molecule has 0 aliphatic heterocycles. The van der Waals surface area contributed by atoms with Gasteiger partial charge in [-0.05, 0) is 33.9 Å². The van der Waals surface area contributed by atoms with Gasteiger partial charge in [0.05, 0.1) is 7.11 Å². The maximum Gasteiger partial charge on any atom is 0.123 e. The van der Waals surface area contributed by atoms with Crippen molar-refractivity contribution in [1.29, 1.82) is 0 Å². The van der Waals surface area contributed by atoms with Crippen molar-refractivity contribution in [1.82, 2.24) is 10.6 Å². The third-order valence-electron chi connectivity index (χ3n) is 3.12. The Morgan fingerprint density at radius 1 is 1.29 bits per heavy atom. The fraction of sp³-hybridized carbons (Fsp3) is 0.571. The van der Waals surface area contributed by atoms with Crippen molar-refractivity contribution in [2.24, 2.45) is 0 Å². The summed E-state index contributed by atoms with van der Waals surface area (Å²) < 4.78 is 5.41. The maximum atomic E-state index is 5.41. The lowest BCUT2D eigenvalue weighted by Crippen LogP contribution is -2.43. The highest BCUT2D eigenvalue weighted by atomic mass is 16.5. The number of ether oxygens (including phenoxy) is 1. The Kier molecular flexibility index (Phi) is 4.97. The first-order valence-electron chi connectivity index (χ1n) is 6.07. The van der Waals surface area contributed by atoms with E-state index in [1.54, 1.807) is 7.11 Å². The molecule has 0 saturated heterocycles. The molecule has 0 bridgehead atoms. The average molecular weight is 236 g/mol. The molecule has 1 aromatic carbocycles. The molecule has 2 N–H and O–H groups in total. The van der Waals surface area contributed by atoms with Gasteiger partial charge in [0, 0.05) is 23.7 Å². The van der Waals surface area contributed by atoms with E-state index in [0.717, 1.165) is 12.3 Å². The molecule has 1 rings (SSSR count). The molecule has 0 fully saturated rings. The number of methoxy groups -OCH3 is 1. The minimum Gasteiger partial charge on any atom is -0.496 e. The molecular weight excluding hydrogens is 212 g/mol. The van der Waals surface area contributed by atoms with E-state index in [1.165, 1.54) is 5.56 Å². The van der Waals surface area contributed by atoms with Crippen molar-refractivity contribution in [3.8, 4) is 5.75 Å². The van der Waals surface area contributed by atoms with E-state index in [0.29, 0.717) is 6.04 Å². The molecule has 3 heteroatoms. The number of hydrogen-bond acceptors (Lipinski definition) is 3. The molecule has 1 atom stereocenters. The van der Waals surface area contributed by atoms with Gasteiger partial charge in [0.15, 0.2) is 0 Å². The summed E-state index contributed by atoms with van der Waals surface area (Å²) in [5, 5.41) is 6.78. The predicted molar refractivity (Wildman–Crippen MR) is 72.5 cm³/mol. The second-order valence-corrected chi connectivity index (χ2v) is 4.90. The standard InChI is InChI=1S/C14H24N2O/c1-11(15-4)10-16-14(2,3)12-8-6-7-9-13(12)17-5/h6-9,11,15-16H,10H2,1-5H3/t11-/m0/s1. The van der Waals surface area contributed by atoms with E-state index >= 15 is 0 Å². The topological polar surface area (TPSA) is 33.3 Å². The monoisotopic (exact) mass is 236 g/mol. The molecule has 0 aromatic heterocycles. The van der Waals surface area contributed by atoms with Crippen molar-refractivity contribution < 1.29 is 4.74 Å². The SMILES string of the molecule is CN[C@@H](C)CNC(C)(C)c1ccccc1OC. The van der Waals surface area contributed by atoms with Crippen molar-refractivity contribution in [3.63, 3.8) is 0 Å². The van der Waals surface area contributed by atoms with Crippen LogP contribution < -0.4 is 15.4 Å². The van der Waals surface area contributed by atoms with Crippen molar-refractivity contribution in [3.05, 3.63) is 29.8 Å². The molecule has 96 valence electrons. The molecule has 17 heavy (non-hydrogen) atoms. The lowest BCUT2D eigenvalue weighted by molar-refractivity contribution is 0.348. The Morgan fingerprint density at radius 3 is 2.53 bits per heavy atom. The summed E-state index contributed by atoms with van der Waals surface area (Å²) in [5.74, 6) is 0.933. The average Bonchev–Trinajstić information content (AvgIpc) is 2.35. The summed E-state index contributed by atoms with van der Waals surface area (Å²) in [6.45, 7) is 7.42. The van der Waals surface area contributed by atoms with Crippen molar-refractivity contribution >= 4 is 0 Å². The Morgan fingerprint density at radius 2 is 1.94 bits per heavy atom. The van der Waals surface area contributed by atoms with Crippen LogP contribution in [-0.2, 0) is 5.54 Å². The molecule has 0 saturated carbocycles. The highest BCUT2D eigenvalue weighted by Gasteiger charge is 2.23. The van der Waals surface area contributed by atoms with Gasteiger partial charge in [-0.25, -0.2) is 0 Å². The number of likely N-dealkylation sites (N-methyl/N-ethyl adjacent to an activating group) is 1. The number of benzene rings is 1. The van der Waals surface area contributed by atoms with Gasteiger partial charge in [-0.3, -0.25) is 0 Å². The van der Waals surface area contributed by atoms with E-state index in [-0.39, 0.29) is 5.54 Å². The van der Waals surface area contributed by atoms with E-state index < -0.39 is 0 Å². The zero-order valence-corrected chi connectivity index (χ0v) is 11.5. The largest absolute Gasteiger partial charge is 0.496 e. The van der Waals surface area contributed by atoms with Crippen LogP contribution in [0.15, 0.2) is 24.3 Å². The minimum absolute atomic E-state index is 0.0995. The number of nitrogens with one attached hydrogen (secondary N) is 2. The third kappa shape index (κ3) is 3.72. The molecule has 0 radical (unpaired) electrons. The maximum absolute atomic E-state index is 5.41. The summed E-state index contributed by atoms with van der Waals surface area (Å²) in [6, 6.07) is 8.59. The molecule has 0 unspecified atom stereocenters. The van der Waals surface area contributed by atoms with Gasteiger partial charge in [-0.2, -0.15) is 0 Å². The van der Waals surface area contributed by atoms with E-state index in [9.17, 15) is 0 Å². The van der Waals surface area contributed by atoms with Gasteiger partial charge >= 0.3 is 0 Å². The van der Waals surface area contributed by atoms with Gasteiger partial charge in [-0.15, -0.1) is 0 Å². The van der Waals surface area contributed by atoms with E-state index in [1.807, 2.05) is 25.2 Å². The number of hydrogen-bond donors (Lipinski definition) is 2. The highest BCUT2D eigenvalue weighted by molar-refractivity contribution is 5.38. The lowest BCUT2D eigenvalue weighted by atomic mass is 9.93. The zero-order chi connectivity index (χ0) is 12.9. The molecule has 0 aliphatic carbocycles. The quantitative estimate of drug-likeness (QED) is 0.794. The molecule has 1 aromatic rings. The Balaban J connectivity index is 2.81. The van der Waals surface area contributed by atoms with Gasteiger partial charge in [-0.1, -0.05) is 18.2 Å². The Hall–Kier alpha value is -1.06. The fourth-order valence-electron chi connectivity index (χ4n) is 1.77. The minimum atomic E-state index is -0.0995. The summed E-state index contributed by atoms with van der Waals surface area (Å²) in [5.41, 5.74) is 1.09. The van der Waals surface area contributed by atoms with Crippen LogP contribution in [0.4, 0.5) is 0 Å². The molecule has 0 spiro atoms. The van der Waals surface area contributed by atoms with Gasteiger partial charge in [0.25, 0.3) is 0 Å². The second kappa shape index (κ2) is 6.03. The summed E-state index contributed by atoms with van der Waals surface area (Å²) in [4.78, 5) is 0. The number of para-hydroxylation sites is 1. The third-order valence-corrected chi connectivity index (χ3v) is 3.12. The highest BCUT2D eigenvalue weighted by Crippen LogP contribution is 2.29. The molecule has 0 heterocycles. The van der Waals surface area contributed by atoms with Crippen molar-refractivity contribution in [2.75, 3.05) is 20.7 Å². The van der Waals surface area contributed by atoms with Crippen molar-refractivity contribution in [2.45, 2.75) is 32.4 Å². The van der Waals surface area contributed by atoms with Crippen LogP contribution in [0.5, 0.6) is 5.75 Å². The Bertz CT molecular complexity index is 350. The normalized spacial score (nSPS) is 13.5. The second-order valence-electron chi connectivity index (χ2n) is 4.90. The van der Waals surface area contributed by atoms with Crippen LogP contribution in [0.25, 0.3) is 0 Å². The first-order valence-corrected chi connectivity index (χ1v) is 6.07. The molecule has 0 aliphatic rings. The first-order chi connectivity index (χ1) is 8.01. The summed E-state index contributed by atoms with van der Waals surface area (Å²) >= 11 is 0. The zero-order valence-electron chi connectivity index (χ0n) is 11.5. The van der Waals surface area contributed by atoms with Crippen LogP contribution in [0.1, 0.15) is 26.3 Å². The summed E-state index contributed by atoms with van der Waals surface area (Å²) in [7, 11) is 3.69. The van der Waals surface area contributed by atoms with Crippen LogP contribution in [-0.4, -0.2) is 26.7 Å². The number of rotatable bonds is 6. The lowest BCUT2D eigenvalue weighted by Gasteiger charge is -2.30. The van der Waals surface area contributed by atoms with Crippen LogP contribution in [0.3, 0.4) is 0 Å². The Labute approximate surface area is 105 Å². The predicted octanol–water partition coefficient (Wildman–Crippen LogP) is 2.13. The fourth-order valence-corrected chi connectivity index (χ4v) is 1.77. The molecular formula is C14H24N2O. The van der Waals surface area contributed by atoms with E-state index in [4.69, 9.17) is 4.74 Å². The van der Waals surface area contributed by atoms with Crippen LogP contribution in [0.2, 0.25) is 0 Å². The summed E-state index contributed by atoms with van der Waals surface area (Å²) in [6.07, 6.45) is 0. The smallest absolute Gasteiger partial charge is 0.123 e. The van der Waals surface area contributed by atoms with Crippen LogP contribution in [0, 0.1) is 0 Å². The van der Waals surface area contributed by atoms with E-state index in [2.05, 4.69) is 37.5 Å².